The van der Waals surface area contributed by atoms with Gasteiger partial charge in [-0.1, -0.05) is 36.4 Å². The molecule has 0 amide bonds. The molecule has 0 fully saturated rings. The van der Waals surface area contributed by atoms with E-state index in [1.165, 1.54) is 17.2 Å². The second-order valence-corrected chi connectivity index (χ2v) is 5.29. The number of halogens is 1. The first-order valence-electron chi connectivity index (χ1n) is 7.02. The van der Waals surface area contributed by atoms with E-state index >= 15 is 0 Å². The summed E-state index contributed by atoms with van der Waals surface area (Å²) in [6, 6.07) is 15.7. The predicted molar refractivity (Wildman–Crippen MR) is 80.6 cm³/mol. The molecule has 3 heteroatoms. The first-order valence-corrected chi connectivity index (χ1v) is 7.02. The number of nitrogens with zero attached hydrogens (tertiary/aromatic N) is 1. The Kier molecular flexibility index (Phi) is 3.70. The smallest absolute Gasteiger partial charge is 0.146 e. The van der Waals surface area contributed by atoms with Crippen LogP contribution in [0.5, 0.6) is 0 Å². The molecule has 0 radical (unpaired) electrons. The first-order chi connectivity index (χ1) is 9.75. The molecule has 104 valence electrons. The third kappa shape index (κ3) is 2.54. The van der Waals surface area contributed by atoms with E-state index in [2.05, 4.69) is 29.6 Å². The number of nitrogens with one attached hydrogen (secondary N) is 1. The summed E-state index contributed by atoms with van der Waals surface area (Å²) in [5.41, 5.74) is 3.39. The molecule has 2 nitrogen and oxygen atoms in total. The van der Waals surface area contributed by atoms with Gasteiger partial charge in [-0.05, 0) is 36.2 Å². The van der Waals surface area contributed by atoms with Crippen molar-refractivity contribution in [2.75, 3.05) is 25.0 Å². The van der Waals surface area contributed by atoms with Gasteiger partial charge in [-0.25, -0.2) is 4.39 Å². The summed E-state index contributed by atoms with van der Waals surface area (Å²) in [7, 11) is 1.94. The second kappa shape index (κ2) is 5.63. The Morgan fingerprint density at radius 3 is 2.75 bits per heavy atom. The average molecular weight is 270 g/mol. The molecule has 0 spiro atoms. The monoisotopic (exact) mass is 270 g/mol. The van der Waals surface area contributed by atoms with E-state index < -0.39 is 0 Å². The fourth-order valence-corrected chi connectivity index (χ4v) is 2.89. The maximum Gasteiger partial charge on any atom is 0.146 e. The molecule has 0 aromatic heterocycles. The van der Waals surface area contributed by atoms with Crippen molar-refractivity contribution in [1.82, 2.24) is 5.32 Å². The van der Waals surface area contributed by atoms with Crippen LogP contribution in [0.4, 0.5) is 10.1 Å². The van der Waals surface area contributed by atoms with Gasteiger partial charge < -0.3 is 10.2 Å². The average Bonchev–Trinajstić information content (AvgIpc) is 2.48. The van der Waals surface area contributed by atoms with Crippen LogP contribution in [0, 0.1) is 5.82 Å². The van der Waals surface area contributed by atoms with E-state index in [0.717, 1.165) is 19.5 Å². The normalized spacial score (nSPS) is 17.6. The summed E-state index contributed by atoms with van der Waals surface area (Å²) >= 11 is 0. The van der Waals surface area contributed by atoms with Gasteiger partial charge in [-0.3, -0.25) is 0 Å². The third-order valence-corrected chi connectivity index (χ3v) is 3.94. The molecular weight excluding hydrogens is 251 g/mol. The number of anilines is 1. The van der Waals surface area contributed by atoms with Gasteiger partial charge in [0.25, 0.3) is 0 Å². The van der Waals surface area contributed by atoms with Crippen molar-refractivity contribution in [3.63, 3.8) is 0 Å². The first kappa shape index (κ1) is 13.1. The Bertz CT molecular complexity index is 597. The lowest BCUT2D eigenvalue weighted by atomic mass is 9.94. The molecule has 2 aromatic carbocycles. The Labute approximate surface area is 119 Å². The van der Waals surface area contributed by atoms with Crippen molar-refractivity contribution < 1.29 is 4.39 Å². The zero-order chi connectivity index (χ0) is 13.9. The number of likely N-dealkylation sites (N-methyl/N-ethyl adjacent to an activating group) is 1. The summed E-state index contributed by atoms with van der Waals surface area (Å²) in [5, 5.41) is 3.53. The zero-order valence-electron chi connectivity index (χ0n) is 11.6. The second-order valence-electron chi connectivity index (χ2n) is 5.29. The van der Waals surface area contributed by atoms with Crippen molar-refractivity contribution >= 4 is 5.69 Å². The summed E-state index contributed by atoms with van der Waals surface area (Å²) in [4.78, 5) is 1.98. The number of hydrogen-bond acceptors (Lipinski definition) is 2. The Morgan fingerprint density at radius 2 is 1.90 bits per heavy atom. The van der Waals surface area contributed by atoms with E-state index in [1.54, 1.807) is 6.07 Å². The summed E-state index contributed by atoms with van der Waals surface area (Å²) < 4.78 is 13.8. The maximum absolute atomic E-state index is 13.8. The van der Waals surface area contributed by atoms with Crippen LogP contribution in [0.3, 0.4) is 0 Å². The largest absolute Gasteiger partial charge is 0.370 e. The lowest BCUT2D eigenvalue weighted by Gasteiger charge is -2.31. The lowest BCUT2D eigenvalue weighted by molar-refractivity contribution is 0.501. The van der Waals surface area contributed by atoms with Crippen molar-refractivity contribution in [3.05, 3.63) is 65.5 Å². The minimum Gasteiger partial charge on any atom is -0.370 e. The number of rotatable bonds is 3. The SMILES string of the molecule is CN(CC1NCCc2ccccc21)c1ccccc1F. The molecule has 0 saturated carbocycles. The van der Waals surface area contributed by atoms with Gasteiger partial charge in [0.2, 0.25) is 0 Å². The van der Waals surface area contributed by atoms with Crippen LogP contribution in [0.1, 0.15) is 17.2 Å². The van der Waals surface area contributed by atoms with E-state index in [4.69, 9.17) is 0 Å². The molecule has 0 saturated heterocycles. The van der Waals surface area contributed by atoms with Crippen molar-refractivity contribution in [2.45, 2.75) is 12.5 Å². The van der Waals surface area contributed by atoms with E-state index in [-0.39, 0.29) is 11.9 Å². The van der Waals surface area contributed by atoms with Gasteiger partial charge in [-0.15, -0.1) is 0 Å². The predicted octanol–water partition coefficient (Wildman–Crippen LogP) is 3.15. The number of para-hydroxylation sites is 1. The molecule has 1 N–H and O–H groups in total. The molecule has 20 heavy (non-hydrogen) atoms. The molecule has 1 atom stereocenters. The number of fused-ring (bicyclic) bond motifs is 1. The van der Waals surface area contributed by atoms with Gasteiger partial charge in [0.1, 0.15) is 5.82 Å². The molecule has 0 aliphatic carbocycles. The standard InChI is InChI=1S/C17H19FN2/c1-20(17-9-5-4-8-15(17)18)12-16-14-7-3-2-6-13(14)10-11-19-16/h2-9,16,19H,10-12H2,1H3. The van der Waals surface area contributed by atoms with Gasteiger partial charge >= 0.3 is 0 Å². The molecule has 3 rings (SSSR count). The Morgan fingerprint density at radius 1 is 1.15 bits per heavy atom. The fraction of sp³-hybridized carbons (Fsp3) is 0.294. The number of benzene rings is 2. The zero-order valence-corrected chi connectivity index (χ0v) is 11.6. The van der Waals surface area contributed by atoms with Crippen LogP contribution in [0.15, 0.2) is 48.5 Å². The van der Waals surface area contributed by atoms with Crippen LogP contribution >= 0.6 is 0 Å². The van der Waals surface area contributed by atoms with Crippen LogP contribution in [0.25, 0.3) is 0 Å². The molecule has 1 heterocycles. The van der Waals surface area contributed by atoms with Crippen LogP contribution in [-0.2, 0) is 6.42 Å². The van der Waals surface area contributed by atoms with E-state index in [9.17, 15) is 4.39 Å². The topological polar surface area (TPSA) is 15.3 Å². The summed E-state index contributed by atoms with van der Waals surface area (Å²) in [6.07, 6.45) is 1.07. The highest BCUT2D eigenvalue weighted by molar-refractivity contribution is 5.47. The number of hydrogen-bond donors (Lipinski definition) is 1. The third-order valence-electron chi connectivity index (χ3n) is 3.94. The molecular formula is C17H19FN2. The van der Waals surface area contributed by atoms with Gasteiger partial charge in [0.05, 0.1) is 11.7 Å². The highest BCUT2D eigenvalue weighted by Gasteiger charge is 2.21. The lowest BCUT2D eigenvalue weighted by Crippen LogP contribution is -2.37. The minimum absolute atomic E-state index is 0.168. The fourth-order valence-electron chi connectivity index (χ4n) is 2.89. The molecule has 1 unspecified atom stereocenters. The Balaban J connectivity index is 1.81. The summed E-state index contributed by atoms with van der Waals surface area (Å²) in [5.74, 6) is -0.168. The quantitative estimate of drug-likeness (QED) is 0.921. The van der Waals surface area contributed by atoms with E-state index in [1.807, 2.05) is 24.1 Å². The van der Waals surface area contributed by atoms with Crippen LogP contribution in [-0.4, -0.2) is 20.1 Å². The maximum atomic E-state index is 13.8. The summed E-state index contributed by atoms with van der Waals surface area (Å²) in [6.45, 7) is 1.74. The van der Waals surface area contributed by atoms with Crippen LogP contribution in [0.2, 0.25) is 0 Å². The molecule has 1 aliphatic heterocycles. The van der Waals surface area contributed by atoms with Crippen molar-refractivity contribution in [2.24, 2.45) is 0 Å². The van der Waals surface area contributed by atoms with E-state index in [0.29, 0.717) is 5.69 Å². The van der Waals surface area contributed by atoms with Gasteiger partial charge in [0, 0.05) is 13.6 Å². The minimum atomic E-state index is -0.168. The molecule has 1 aliphatic rings. The Hall–Kier alpha value is -1.87. The van der Waals surface area contributed by atoms with Crippen LogP contribution < -0.4 is 10.2 Å². The molecule has 0 bridgehead atoms. The van der Waals surface area contributed by atoms with Gasteiger partial charge in [0.15, 0.2) is 0 Å². The highest BCUT2D eigenvalue weighted by atomic mass is 19.1. The van der Waals surface area contributed by atoms with Crippen molar-refractivity contribution in [1.29, 1.82) is 0 Å². The van der Waals surface area contributed by atoms with Crippen molar-refractivity contribution in [3.8, 4) is 0 Å². The highest BCUT2D eigenvalue weighted by Crippen LogP contribution is 2.25. The molecule has 2 aromatic rings. The van der Waals surface area contributed by atoms with Gasteiger partial charge in [-0.2, -0.15) is 0 Å².